The molecule has 0 aliphatic carbocycles. The van der Waals surface area contributed by atoms with Crippen LogP contribution in [0.15, 0.2) is 47.5 Å². The highest BCUT2D eigenvalue weighted by atomic mass is 32.2. The zero-order chi connectivity index (χ0) is 19.3. The van der Waals surface area contributed by atoms with Crippen LogP contribution in [0.5, 0.6) is 0 Å². The van der Waals surface area contributed by atoms with Crippen molar-refractivity contribution in [2.45, 2.75) is 4.90 Å². The first-order valence-corrected chi connectivity index (χ1v) is 9.69. The van der Waals surface area contributed by atoms with Crippen molar-refractivity contribution in [2.24, 2.45) is 0 Å². The lowest BCUT2D eigenvalue weighted by Crippen LogP contribution is -2.40. The van der Waals surface area contributed by atoms with Gasteiger partial charge in [-0.15, -0.1) is 0 Å². The summed E-state index contributed by atoms with van der Waals surface area (Å²) in [5, 5.41) is 2.55. The smallest absolute Gasteiger partial charge is 0.355 e. The molecule has 2 aromatic rings. The molecule has 10 heteroatoms. The number of esters is 1. The van der Waals surface area contributed by atoms with Crippen LogP contribution in [0, 0.1) is 0 Å². The molecule has 0 atom stereocenters. The van der Waals surface area contributed by atoms with Crippen LogP contribution in [-0.2, 0) is 24.3 Å². The van der Waals surface area contributed by atoms with E-state index < -0.39 is 28.5 Å². The molecule has 0 radical (unpaired) electrons. The lowest BCUT2D eigenvalue weighted by atomic mass is 10.3. The van der Waals surface area contributed by atoms with Crippen LogP contribution in [-0.4, -0.2) is 62.5 Å². The average Bonchev–Trinajstić information content (AvgIpc) is 3.22. The molecule has 1 aliphatic rings. The molecule has 2 N–H and O–H groups in total. The van der Waals surface area contributed by atoms with Gasteiger partial charge in [0.25, 0.3) is 5.91 Å². The number of benzene rings is 1. The summed E-state index contributed by atoms with van der Waals surface area (Å²) in [6.45, 7) is 0.912. The van der Waals surface area contributed by atoms with Gasteiger partial charge in [0.15, 0.2) is 6.61 Å². The number of hydrogen-bond acceptors (Lipinski definition) is 6. The van der Waals surface area contributed by atoms with Crippen LogP contribution >= 0.6 is 0 Å². The Hall–Kier alpha value is -2.69. The van der Waals surface area contributed by atoms with Gasteiger partial charge >= 0.3 is 5.97 Å². The number of rotatable bonds is 6. The topological polar surface area (TPSA) is 118 Å². The van der Waals surface area contributed by atoms with Crippen LogP contribution < -0.4 is 5.32 Å². The number of carbonyl (C=O) groups is 2. The molecule has 0 unspecified atom stereocenters. The molecular weight excluding hydrogens is 374 g/mol. The first-order chi connectivity index (χ1) is 13.0. The van der Waals surface area contributed by atoms with Gasteiger partial charge in [-0.1, -0.05) is 0 Å². The van der Waals surface area contributed by atoms with Crippen molar-refractivity contribution in [3.63, 3.8) is 0 Å². The second-order valence-electron chi connectivity index (χ2n) is 5.75. The lowest BCUT2D eigenvalue weighted by Gasteiger charge is -2.26. The quantitative estimate of drug-likeness (QED) is 0.702. The maximum absolute atomic E-state index is 12.5. The van der Waals surface area contributed by atoms with Crippen LogP contribution in [0.3, 0.4) is 0 Å². The Morgan fingerprint density at radius 3 is 2.48 bits per heavy atom. The van der Waals surface area contributed by atoms with Crippen LogP contribution in [0.25, 0.3) is 0 Å². The maximum atomic E-state index is 12.5. The minimum Gasteiger partial charge on any atom is -0.451 e. The van der Waals surface area contributed by atoms with E-state index in [1.165, 1.54) is 34.6 Å². The third-order valence-electron chi connectivity index (χ3n) is 3.90. The van der Waals surface area contributed by atoms with Crippen LogP contribution in [0.2, 0.25) is 0 Å². The van der Waals surface area contributed by atoms with E-state index in [1.54, 1.807) is 12.3 Å². The number of nitrogens with zero attached hydrogens (tertiary/aromatic N) is 1. The summed E-state index contributed by atoms with van der Waals surface area (Å²) >= 11 is 0. The van der Waals surface area contributed by atoms with Gasteiger partial charge in [0, 0.05) is 25.0 Å². The molecule has 27 heavy (non-hydrogen) atoms. The fourth-order valence-corrected chi connectivity index (χ4v) is 3.92. The summed E-state index contributed by atoms with van der Waals surface area (Å²) in [6, 6.07) is 8.99. The minimum atomic E-state index is -3.59. The number of ether oxygens (including phenoxy) is 2. The SMILES string of the molecule is O=C(COC(=O)c1ccc[nH]1)Nc1ccc(S(=O)(=O)N2CCOCC2)cc1. The molecular formula is C17H19N3O6S. The van der Waals surface area contributed by atoms with Crippen LogP contribution in [0.4, 0.5) is 5.69 Å². The number of hydrogen-bond donors (Lipinski definition) is 2. The Labute approximate surface area is 156 Å². The van der Waals surface area contributed by atoms with Crippen LogP contribution in [0.1, 0.15) is 10.5 Å². The zero-order valence-electron chi connectivity index (χ0n) is 14.4. The largest absolute Gasteiger partial charge is 0.451 e. The Morgan fingerprint density at radius 1 is 1.15 bits per heavy atom. The summed E-state index contributed by atoms with van der Waals surface area (Å²) in [5.74, 6) is -1.17. The fourth-order valence-electron chi connectivity index (χ4n) is 2.51. The summed E-state index contributed by atoms with van der Waals surface area (Å²) in [4.78, 5) is 26.4. The Morgan fingerprint density at radius 2 is 1.85 bits per heavy atom. The minimum absolute atomic E-state index is 0.139. The van der Waals surface area contributed by atoms with Gasteiger partial charge in [0.2, 0.25) is 10.0 Å². The summed E-state index contributed by atoms with van der Waals surface area (Å²) in [7, 11) is -3.59. The van der Waals surface area contributed by atoms with Crippen molar-refractivity contribution in [1.29, 1.82) is 0 Å². The summed E-state index contributed by atoms with van der Waals surface area (Å²) in [6.07, 6.45) is 1.57. The van der Waals surface area contributed by atoms with E-state index in [2.05, 4.69) is 10.3 Å². The van der Waals surface area contributed by atoms with Crippen molar-refractivity contribution in [3.8, 4) is 0 Å². The molecule has 3 rings (SSSR count). The number of anilines is 1. The maximum Gasteiger partial charge on any atom is 0.355 e. The molecule has 1 saturated heterocycles. The summed E-state index contributed by atoms with van der Waals surface area (Å²) in [5.41, 5.74) is 0.650. The van der Waals surface area contributed by atoms with Gasteiger partial charge in [-0.2, -0.15) is 4.31 Å². The Balaban J connectivity index is 1.55. The summed E-state index contributed by atoms with van der Waals surface area (Å²) < 4.78 is 36.5. The van der Waals surface area contributed by atoms with Crippen molar-refractivity contribution in [1.82, 2.24) is 9.29 Å². The van der Waals surface area contributed by atoms with E-state index in [0.717, 1.165) is 0 Å². The van der Waals surface area contributed by atoms with Crippen molar-refractivity contribution in [2.75, 3.05) is 38.2 Å². The third kappa shape index (κ3) is 4.73. The monoisotopic (exact) mass is 393 g/mol. The fraction of sp³-hybridized carbons (Fsp3) is 0.294. The van der Waals surface area contributed by atoms with Gasteiger partial charge in [0.05, 0.1) is 18.1 Å². The predicted molar refractivity (Wildman–Crippen MR) is 95.7 cm³/mol. The molecule has 0 bridgehead atoms. The number of H-pyrrole nitrogens is 1. The molecule has 1 aromatic heterocycles. The Bertz CT molecular complexity index is 887. The number of sulfonamides is 1. The standard InChI is InChI=1S/C17H19N3O6S/c21-16(12-26-17(22)15-2-1-7-18-15)19-13-3-5-14(6-4-13)27(23,24)20-8-10-25-11-9-20/h1-7,18H,8-12H2,(H,19,21). The highest BCUT2D eigenvalue weighted by Crippen LogP contribution is 2.19. The molecule has 1 aliphatic heterocycles. The number of nitrogens with one attached hydrogen (secondary N) is 2. The van der Waals surface area contributed by atoms with E-state index >= 15 is 0 Å². The van der Waals surface area contributed by atoms with Gasteiger partial charge in [-0.05, 0) is 36.4 Å². The Kier molecular flexibility index (Phi) is 5.89. The molecule has 1 fully saturated rings. The number of aromatic nitrogens is 1. The second-order valence-corrected chi connectivity index (χ2v) is 7.69. The number of morpholine rings is 1. The highest BCUT2D eigenvalue weighted by molar-refractivity contribution is 7.89. The molecule has 0 spiro atoms. The normalized spacial score (nSPS) is 15.3. The molecule has 1 amide bonds. The van der Waals surface area contributed by atoms with E-state index in [9.17, 15) is 18.0 Å². The molecule has 0 saturated carbocycles. The molecule has 2 heterocycles. The number of carbonyl (C=O) groups excluding carboxylic acids is 2. The second kappa shape index (κ2) is 8.33. The van der Waals surface area contributed by atoms with Crippen molar-refractivity contribution >= 4 is 27.6 Å². The lowest BCUT2D eigenvalue weighted by molar-refractivity contribution is -0.119. The van der Waals surface area contributed by atoms with Gasteiger partial charge in [-0.25, -0.2) is 13.2 Å². The number of amides is 1. The third-order valence-corrected chi connectivity index (χ3v) is 5.81. The molecule has 9 nitrogen and oxygen atoms in total. The van der Waals surface area contributed by atoms with Gasteiger partial charge < -0.3 is 19.8 Å². The molecule has 1 aromatic carbocycles. The van der Waals surface area contributed by atoms with Crippen molar-refractivity contribution in [3.05, 3.63) is 48.3 Å². The predicted octanol–water partition coefficient (Wildman–Crippen LogP) is 0.831. The van der Waals surface area contributed by atoms with E-state index in [1.807, 2.05) is 0 Å². The zero-order valence-corrected chi connectivity index (χ0v) is 15.2. The van der Waals surface area contributed by atoms with E-state index in [4.69, 9.17) is 9.47 Å². The average molecular weight is 393 g/mol. The van der Waals surface area contributed by atoms with Gasteiger partial charge in [-0.3, -0.25) is 4.79 Å². The highest BCUT2D eigenvalue weighted by Gasteiger charge is 2.26. The first kappa shape index (κ1) is 19.1. The van der Waals surface area contributed by atoms with Gasteiger partial charge in [0.1, 0.15) is 5.69 Å². The van der Waals surface area contributed by atoms with E-state index in [-0.39, 0.29) is 10.6 Å². The number of aromatic amines is 1. The molecule has 144 valence electrons. The van der Waals surface area contributed by atoms with Crippen molar-refractivity contribution < 1.29 is 27.5 Å². The van der Waals surface area contributed by atoms with E-state index in [0.29, 0.717) is 32.0 Å². The first-order valence-electron chi connectivity index (χ1n) is 8.25.